The number of nitro groups is 1. The van der Waals surface area contributed by atoms with Gasteiger partial charge < -0.3 is 24.0 Å². The minimum Gasteiger partial charge on any atom is -0.403 e. The van der Waals surface area contributed by atoms with E-state index in [4.69, 9.17) is 23.9 Å². The molecule has 0 saturated carbocycles. The molecule has 14 heteroatoms. The molecule has 0 aliphatic heterocycles. The second-order valence-corrected chi connectivity index (χ2v) is 9.45. The average Bonchev–Trinajstić information content (AvgIpc) is 3.48. The maximum Gasteiger partial charge on any atom is 0.433 e. The summed E-state index contributed by atoms with van der Waals surface area (Å²) >= 11 is 0. The molecule has 3 heterocycles. The fourth-order valence-electron chi connectivity index (χ4n) is 3.17. The molecule has 0 radical (unpaired) electrons. The van der Waals surface area contributed by atoms with Gasteiger partial charge in [0.05, 0.1) is 31.3 Å². The average molecular weight is 502 g/mol. The Morgan fingerprint density at radius 1 is 1.14 bits per heavy atom. The molecule has 35 heavy (non-hydrogen) atoms. The zero-order valence-electron chi connectivity index (χ0n) is 18.8. The van der Waals surface area contributed by atoms with Crippen molar-refractivity contribution in [2.75, 3.05) is 18.7 Å². The Balaban J connectivity index is 1.38. The number of nitrogens with zero attached hydrogens (tertiary/aromatic N) is 5. The van der Waals surface area contributed by atoms with Crippen molar-refractivity contribution in [2.45, 2.75) is 26.7 Å². The van der Waals surface area contributed by atoms with Crippen molar-refractivity contribution < 1.29 is 27.7 Å². The quantitative estimate of drug-likeness (QED) is 0.129. The lowest BCUT2D eigenvalue weighted by Gasteiger charge is -2.18. The van der Waals surface area contributed by atoms with E-state index in [0.29, 0.717) is 23.4 Å². The molecular formula is C21H23N6O7P. The van der Waals surface area contributed by atoms with Crippen molar-refractivity contribution in [3.8, 4) is 0 Å². The van der Waals surface area contributed by atoms with Crippen LogP contribution in [0.25, 0.3) is 11.2 Å². The van der Waals surface area contributed by atoms with E-state index in [1.807, 2.05) is 30.3 Å². The first-order valence-corrected chi connectivity index (χ1v) is 12.2. The molecule has 0 bridgehead atoms. The van der Waals surface area contributed by atoms with Crippen LogP contribution in [0.2, 0.25) is 0 Å². The third-order valence-electron chi connectivity index (χ3n) is 4.88. The third kappa shape index (κ3) is 6.28. The van der Waals surface area contributed by atoms with Crippen LogP contribution in [0.4, 0.5) is 11.8 Å². The normalized spacial score (nSPS) is 13.2. The van der Waals surface area contributed by atoms with Crippen molar-refractivity contribution in [2.24, 2.45) is 0 Å². The molecule has 184 valence electrons. The van der Waals surface area contributed by atoms with E-state index in [0.717, 1.165) is 5.56 Å². The van der Waals surface area contributed by atoms with E-state index in [1.165, 1.54) is 12.1 Å². The highest BCUT2D eigenvalue weighted by Gasteiger charge is 2.27. The maximum atomic E-state index is 13.4. The Morgan fingerprint density at radius 3 is 2.66 bits per heavy atom. The van der Waals surface area contributed by atoms with Crippen LogP contribution in [-0.4, -0.2) is 37.4 Å². The predicted molar refractivity (Wildman–Crippen MR) is 124 cm³/mol. The number of imidazole rings is 1. The summed E-state index contributed by atoms with van der Waals surface area (Å²) in [4.78, 5) is 22.7. The number of benzene rings is 1. The highest BCUT2D eigenvalue weighted by Crippen LogP contribution is 2.49. The highest BCUT2D eigenvalue weighted by atomic mass is 31.2. The molecule has 4 rings (SSSR count). The molecule has 0 saturated heterocycles. The number of fused-ring (bicyclic) bond motifs is 1. The second kappa shape index (κ2) is 10.7. The van der Waals surface area contributed by atoms with E-state index in [1.54, 1.807) is 17.8 Å². The molecule has 4 aromatic rings. The fourth-order valence-corrected chi connectivity index (χ4v) is 4.42. The van der Waals surface area contributed by atoms with E-state index in [2.05, 4.69) is 15.0 Å². The fraction of sp³-hybridized carbons (Fsp3) is 0.286. The summed E-state index contributed by atoms with van der Waals surface area (Å²) in [5.41, 5.74) is 8.39. The number of anilines is 1. The summed E-state index contributed by atoms with van der Waals surface area (Å²) in [6.45, 7) is 2.05. The number of furan rings is 1. The summed E-state index contributed by atoms with van der Waals surface area (Å²) < 4.78 is 36.9. The van der Waals surface area contributed by atoms with Crippen molar-refractivity contribution in [1.29, 1.82) is 0 Å². The zero-order chi connectivity index (χ0) is 24.8. The van der Waals surface area contributed by atoms with E-state index >= 15 is 0 Å². The first-order valence-electron chi connectivity index (χ1n) is 10.5. The van der Waals surface area contributed by atoms with Gasteiger partial charge in [0.25, 0.3) is 0 Å². The molecule has 0 aliphatic rings. The summed E-state index contributed by atoms with van der Waals surface area (Å²) in [7, 11) is -3.76. The zero-order valence-corrected chi connectivity index (χ0v) is 19.7. The molecule has 2 N–H and O–H groups in total. The van der Waals surface area contributed by atoms with Gasteiger partial charge in [0.1, 0.15) is 29.2 Å². The van der Waals surface area contributed by atoms with E-state index < -0.39 is 18.4 Å². The van der Waals surface area contributed by atoms with Crippen molar-refractivity contribution in [1.82, 2.24) is 19.5 Å². The van der Waals surface area contributed by atoms with Gasteiger partial charge >= 0.3 is 13.5 Å². The molecule has 1 unspecified atom stereocenters. The number of aryl methyl sites for hydroxylation is 1. The van der Waals surface area contributed by atoms with Gasteiger partial charge in [-0.2, -0.15) is 4.98 Å². The number of nitrogen functional groups attached to an aromatic ring is 1. The predicted octanol–water partition coefficient (Wildman–Crippen LogP) is 3.82. The Labute approximate surface area is 199 Å². The Morgan fingerprint density at radius 2 is 1.91 bits per heavy atom. The van der Waals surface area contributed by atoms with Gasteiger partial charge in [0, 0.05) is 6.54 Å². The lowest BCUT2D eigenvalue weighted by molar-refractivity contribution is -0.402. The van der Waals surface area contributed by atoms with Crippen LogP contribution in [0.1, 0.15) is 17.0 Å². The van der Waals surface area contributed by atoms with Crippen LogP contribution in [0.3, 0.4) is 0 Å². The number of hydrogen-bond donors (Lipinski definition) is 1. The monoisotopic (exact) mass is 502 g/mol. The van der Waals surface area contributed by atoms with E-state index in [9.17, 15) is 14.7 Å². The summed E-state index contributed by atoms with van der Waals surface area (Å²) in [5.74, 6) is -0.159. The van der Waals surface area contributed by atoms with Gasteiger partial charge in [-0.3, -0.25) is 19.2 Å². The Bertz CT molecular complexity index is 1360. The molecule has 1 aromatic carbocycles. The number of rotatable bonds is 12. The first kappa shape index (κ1) is 24.5. The maximum absolute atomic E-state index is 13.4. The Hall–Kier alpha value is -3.64. The standard InChI is InChI=1S/C21H23N6O7P/c1-15-19-20(25-21(22)24-15)26(13-23-19)9-10-31-14-35(30,32-11-16-5-3-2-4-6-16)33-12-17-7-8-18(34-17)27(28)29/h2-8,13H,9-12,14H2,1H3,(H2,22,24,25). The van der Waals surface area contributed by atoms with Gasteiger partial charge in [0.2, 0.25) is 5.95 Å². The minimum absolute atomic E-state index is 0.0292. The molecule has 0 aliphatic carbocycles. The lowest BCUT2D eigenvalue weighted by atomic mass is 10.2. The molecule has 0 amide bonds. The topological polar surface area (TPSA) is 171 Å². The van der Waals surface area contributed by atoms with Gasteiger partial charge in [-0.05, 0) is 18.6 Å². The highest BCUT2D eigenvalue weighted by molar-refractivity contribution is 7.53. The van der Waals surface area contributed by atoms with Crippen molar-refractivity contribution in [3.05, 3.63) is 75.9 Å². The van der Waals surface area contributed by atoms with Gasteiger partial charge in [0.15, 0.2) is 5.65 Å². The third-order valence-corrected chi connectivity index (χ3v) is 6.43. The van der Waals surface area contributed by atoms with Crippen molar-refractivity contribution >= 4 is 30.6 Å². The van der Waals surface area contributed by atoms with Crippen LogP contribution < -0.4 is 5.73 Å². The summed E-state index contributed by atoms with van der Waals surface area (Å²) in [5, 5.41) is 10.8. The molecule has 13 nitrogen and oxygen atoms in total. The number of nitrogens with two attached hydrogens (primary N) is 1. The summed E-state index contributed by atoms with van der Waals surface area (Å²) in [6.07, 6.45) is 1.26. The molecule has 0 fully saturated rings. The number of hydrogen-bond acceptors (Lipinski definition) is 11. The van der Waals surface area contributed by atoms with Gasteiger partial charge in [-0.25, -0.2) is 9.97 Å². The van der Waals surface area contributed by atoms with Crippen LogP contribution in [0.5, 0.6) is 0 Å². The summed E-state index contributed by atoms with van der Waals surface area (Å²) in [6, 6.07) is 11.7. The second-order valence-electron chi connectivity index (χ2n) is 7.46. The number of ether oxygens (including phenoxy) is 1. The smallest absolute Gasteiger partial charge is 0.403 e. The Kier molecular flexibility index (Phi) is 7.51. The van der Waals surface area contributed by atoms with Crippen LogP contribution in [0, 0.1) is 17.0 Å². The van der Waals surface area contributed by atoms with Gasteiger partial charge in [-0.1, -0.05) is 30.3 Å². The SMILES string of the molecule is Cc1nc(N)nc2c1ncn2CCOCP(=O)(OCc1ccccc1)OCc1ccc([N+](=O)[O-])o1. The van der Waals surface area contributed by atoms with Crippen LogP contribution in [-0.2, 0) is 38.1 Å². The van der Waals surface area contributed by atoms with Gasteiger partial charge in [-0.15, -0.1) is 0 Å². The minimum atomic E-state index is -3.76. The molecular weight excluding hydrogens is 479 g/mol. The van der Waals surface area contributed by atoms with Crippen LogP contribution >= 0.6 is 7.60 Å². The van der Waals surface area contributed by atoms with Crippen LogP contribution in [0.15, 0.2) is 53.2 Å². The number of aromatic nitrogens is 4. The van der Waals surface area contributed by atoms with Crippen molar-refractivity contribution in [3.63, 3.8) is 0 Å². The first-order chi connectivity index (χ1) is 16.8. The lowest BCUT2D eigenvalue weighted by Crippen LogP contribution is -2.10. The molecule has 3 aromatic heterocycles. The van der Waals surface area contributed by atoms with E-state index in [-0.39, 0.29) is 37.9 Å². The largest absolute Gasteiger partial charge is 0.433 e. The molecule has 0 spiro atoms. The molecule has 1 atom stereocenters.